The van der Waals surface area contributed by atoms with Crippen molar-refractivity contribution in [3.63, 3.8) is 0 Å². The van der Waals surface area contributed by atoms with Gasteiger partial charge in [-0.25, -0.2) is 4.98 Å². The third-order valence-corrected chi connectivity index (χ3v) is 2.08. The van der Waals surface area contributed by atoms with Gasteiger partial charge in [0, 0.05) is 13.0 Å². The lowest BCUT2D eigenvalue weighted by atomic mass is 10.4. The van der Waals surface area contributed by atoms with Crippen LogP contribution in [0, 0.1) is 0 Å². The van der Waals surface area contributed by atoms with Crippen LogP contribution in [-0.2, 0) is 6.42 Å². The Morgan fingerprint density at radius 2 is 2.24 bits per heavy atom. The summed E-state index contributed by atoms with van der Waals surface area (Å²) in [5, 5.41) is 6.55. The zero-order valence-electron chi connectivity index (χ0n) is 9.25. The average molecular weight is 236 g/mol. The van der Waals surface area contributed by atoms with E-state index in [0.29, 0.717) is 36.2 Å². The van der Waals surface area contributed by atoms with Crippen LogP contribution in [0.15, 0.2) is 17.2 Å². The van der Waals surface area contributed by atoms with Gasteiger partial charge in [-0.1, -0.05) is 5.16 Å². The monoisotopic (exact) mass is 236 g/mol. The molecule has 0 unspecified atom stereocenters. The molecule has 0 atom stereocenters. The van der Waals surface area contributed by atoms with Crippen molar-refractivity contribution < 1.29 is 9.26 Å². The number of aromatic nitrogens is 4. The third-order valence-electron chi connectivity index (χ3n) is 2.08. The molecule has 0 aromatic carbocycles. The first-order valence-corrected chi connectivity index (χ1v) is 4.95. The zero-order valence-corrected chi connectivity index (χ0v) is 9.25. The van der Waals surface area contributed by atoms with Gasteiger partial charge in [0.2, 0.25) is 11.8 Å². The van der Waals surface area contributed by atoms with Crippen LogP contribution in [0.25, 0.3) is 0 Å². The lowest BCUT2D eigenvalue weighted by molar-refractivity contribution is 0.379. The lowest BCUT2D eigenvalue weighted by Crippen LogP contribution is -2.10. The van der Waals surface area contributed by atoms with Crippen LogP contribution in [-0.4, -0.2) is 33.8 Å². The van der Waals surface area contributed by atoms with Crippen LogP contribution in [0.3, 0.4) is 0 Å². The number of nitrogen functional groups attached to an aromatic ring is 1. The second-order valence-corrected chi connectivity index (χ2v) is 3.16. The molecule has 0 amide bonds. The summed E-state index contributed by atoms with van der Waals surface area (Å²) < 4.78 is 9.84. The fraction of sp³-hybridized carbons (Fsp3) is 0.333. The highest BCUT2D eigenvalue weighted by Gasteiger charge is 2.07. The fourth-order valence-corrected chi connectivity index (χ4v) is 1.28. The highest BCUT2D eigenvalue weighted by atomic mass is 16.5. The number of hydrogen-bond acceptors (Lipinski definition) is 8. The highest BCUT2D eigenvalue weighted by Crippen LogP contribution is 2.23. The van der Waals surface area contributed by atoms with Gasteiger partial charge in [-0.15, -0.1) is 0 Å². The summed E-state index contributed by atoms with van der Waals surface area (Å²) >= 11 is 0. The number of nitrogens with one attached hydrogen (secondary N) is 1. The van der Waals surface area contributed by atoms with E-state index in [9.17, 15) is 0 Å². The molecule has 0 aliphatic rings. The second-order valence-electron chi connectivity index (χ2n) is 3.16. The number of rotatable bonds is 5. The summed E-state index contributed by atoms with van der Waals surface area (Å²) in [6.45, 7) is 0.576. The Bertz CT molecular complexity index is 472. The summed E-state index contributed by atoms with van der Waals surface area (Å²) in [4.78, 5) is 11.8. The van der Waals surface area contributed by atoms with Crippen molar-refractivity contribution in [2.45, 2.75) is 6.42 Å². The standard InChI is InChI=1S/C9H12N6O2/c1-16-9-7(10)8(13-4-14-9)11-3-2-6-12-5-15-17-6/h4-5H,2-3,10H2,1H3,(H,11,13,14). The normalized spacial score (nSPS) is 10.2. The minimum atomic E-state index is 0.347. The molecule has 2 heterocycles. The van der Waals surface area contributed by atoms with Crippen molar-refractivity contribution in [2.24, 2.45) is 0 Å². The Kier molecular flexibility index (Phi) is 3.34. The van der Waals surface area contributed by atoms with Gasteiger partial charge in [0.25, 0.3) is 0 Å². The maximum absolute atomic E-state index is 5.79. The molecule has 3 N–H and O–H groups in total. The van der Waals surface area contributed by atoms with E-state index >= 15 is 0 Å². The van der Waals surface area contributed by atoms with Crippen molar-refractivity contribution in [1.29, 1.82) is 0 Å². The summed E-state index contributed by atoms with van der Waals surface area (Å²) in [5.74, 6) is 1.42. The van der Waals surface area contributed by atoms with Gasteiger partial charge >= 0.3 is 0 Å². The second kappa shape index (κ2) is 5.10. The highest BCUT2D eigenvalue weighted by molar-refractivity contribution is 5.66. The van der Waals surface area contributed by atoms with Crippen molar-refractivity contribution in [3.05, 3.63) is 18.5 Å². The quantitative estimate of drug-likeness (QED) is 0.751. The molecule has 0 aliphatic heterocycles. The molecular formula is C9H12N6O2. The predicted octanol–water partition coefficient (Wildman–Crippen LogP) is 0.105. The molecule has 17 heavy (non-hydrogen) atoms. The van der Waals surface area contributed by atoms with E-state index < -0.39 is 0 Å². The Morgan fingerprint density at radius 1 is 1.35 bits per heavy atom. The van der Waals surface area contributed by atoms with Gasteiger partial charge in [0.05, 0.1) is 7.11 Å². The van der Waals surface area contributed by atoms with Crippen LogP contribution < -0.4 is 15.8 Å². The van der Waals surface area contributed by atoms with E-state index in [4.69, 9.17) is 15.0 Å². The van der Waals surface area contributed by atoms with E-state index in [1.54, 1.807) is 0 Å². The average Bonchev–Trinajstić information content (AvgIpc) is 2.84. The third kappa shape index (κ3) is 2.60. The number of nitrogens with zero attached hydrogens (tertiary/aromatic N) is 4. The largest absolute Gasteiger partial charge is 0.479 e. The van der Waals surface area contributed by atoms with Gasteiger partial charge in [-0.05, 0) is 0 Å². The summed E-state index contributed by atoms with van der Waals surface area (Å²) in [5.41, 5.74) is 6.16. The molecule has 2 rings (SSSR count). The van der Waals surface area contributed by atoms with Gasteiger partial charge in [-0.2, -0.15) is 9.97 Å². The molecule has 0 bridgehead atoms. The Labute approximate surface area is 97.2 Å². The van der Waals surface area contributed by atoms with Crippen LogP contribution in [0.1, 0.15) is 5.89 Å². The Balaban J connectivity index is 1.95. The van der Waals surface area contributed by atoms with E-state index in [-0.39, 0.29) is 0 Å². The van der Waals surface area contributed by atoms with E-state index in [1.165, 1.54) is 19.8 Å². The maximum Gasteiger partial charge on any atom is 0.242 e. The number of hydrogen-bond donors (Lipinski definition) is 2. The van der Waals surface area contributed by atoms with Gasteiger partial charge in [0.1, 0.15) is 12.0 Å². The van der Waals surface area contributed by atoms with Crippen molar-refractivity contribution >= 4 is 11.5 Å². The van der Waals surface area contributed by atoms with Gasteiger partial charge in [-0.3, -0.25) is 0 Å². The smallest absolute Gasteiger partial charge is 0.242 e. The van der Waals surface area contributed by atoms with Crippen molar-refractivity contribution in [1.82, 2.24) is 20.1 Å². The molecule has 8 heteroatoms. The SMILES string of the molecule is COc1ncnc(NCCc2ncno2)c1N. The number of anilines is 2. The molecule has 8 nitrogen and oxygen atoms in total. The van der Waals surface area contributed by atoms with E-state index in [1.807, 2.05) is 0 Å². The number of methoxy groups -OCH3 is 1. The van der Waals surface area contributed by atoms with Crippen molar-refractivity contribution in [2.75, 3.05) is 24.7 Å². The van der Waals surface area contributed by atoms with Gasteiger partial charge in [0.15, 0.2) is 12.1 Å². The molecule has 0 aliphatic carbocycles. The molecule has 0 fully saturated rings. The Morgan fingerprint density at radius 3 is 2.94 bits per heavy atom. The minimum Gasteiger partial charge on any atom is -0.479 e. The molecule has 2 aromatic heterocycles. The van der Waals surface area contributed by atoms with Crippen molar-refractivity contribution in [3.8, 4) is 5.88 Å². The minimum absolute atomic E-state index is 0.347. The molecule has 2 aromatic rings. The molecular weight excluding hydrogens is 224 g/mol. The zero-order chi connectivity index (χ0) is 12.1. The van der Waals surface area contributed by atoms with Gasteiger partial charge < -0.3 is 20.3 Å². The van der Waals surface area contributed by atoms with E-state index in [2.05, 4.69) is 25.4 Å². The fourth-order valence-electron chi connectivity index (χ4n) is 1.28. The molecule has 90 valence electrons. The predicted molar refractivity (Wildman–Crippen MR) is 59.5 cm³/mol. The topological polar surface area (TPSA) is 112 Å². The first-order valence-electron chi connectivity index (χ1n) is 4.95. The lowest BCUT2D eigenvalue weighted by Gasteiger charge is -2.08. The van der Waals surface area contributed by atoms with E-state index in [0.717, 1.165) is 0 Å². The number of nitrogens with two attached hydrogens (primary N) is 1. The first-order chi connectivity index (χ1) is 8.31. The molecule has 0 spiro atoms. The van der Waals surface area contributed by atoms with Crippen LogP contribution >= 0.6 is 0 Å². The molecule has 0 saturated carbocycles. The Hall–Kier alpha value is -2.38. The van der Waals surface area contributed by atoms with Crippen LogP contribution in [0.2, 0.25) is 0 Å². The van der Waals surface area contributed by atoms with Crippen LogP contribution in [0.4, 0.5) is 11.5 Å². The summed E-state index contributed by atoms with van der Waals surface area (Å²) in [6, 6.07) is 0. The molecule has 0 saturated heterocycles. The molecule has 0 radical (unpaired) electrons. The first kappa shape index (κ1) is 11.1. The summed E-state index contributed by atoms with van der Waals surface area (Å²) in [6.07, 6.45) is 3.33. The summed E-state index contributed by atoms with van der Waals surface area (Å²) in [7, 11) is 1.50. The van der Waals surface area contributed by atoms with Crippen LogP contribution in [0.5, 0.6) is 5.88 Å². The number of ether oxygens (including phenoxy) is 1. The maximum atomic E-state index is 5.79.